The summed E-state index contributed by atoms with van der Waals surface area (Å²) < 4.78 is 5.62. The highest BCUT2D eigenvalue weighted by Gasteiger charge is 2.20. The first-order valence-corrected chi connectivity index (χ1v) is 12.4. The normalized spacial score (nSPS) is 12.2. The zero-order valence-corrected chi connectivity index (χ0v) is 20.8. The minimum atomic E-state index is -0.496. The van der Waals surface area contributed by atoms with Gasteiger partial charge in [-0.15, -0.1) is 0 Å². The fourth-order valence-electron chi connectivity index (χ4n) is 4.47. The van der Waals surface area contributed by atoms with Gasteiger partial charge in [-0.2, -0.15) is 0 Å². The maximum Gasteiger partial charge on any atom is 0.343 e. The molecule has 0 unspecified atom stereocenters. The lowest BCUT2D eigenvalue weighted by atomic mass is 9.91. The highest BCUT2D eigenvalue weighted by atomic mass is 16.5. The van der Waals surface area contributed by atoms with Crippen LogP contribution >= 0.6 is 0 Å². The van der Waals surface area contributed by atoms with Gasteiger partial charge in [-0.25, -0.2) is 4.79 Å². The van der Waals surface area contributed by atoms with Crippen molar-refractivity contribution >= 4 is 29.5 Å². The third-order valence-corrected chi connectivity index (χ3v) is 6.53. The molecule has 1 amide bonds. The number of amidine groups is 1. The first kappa shape index (κ1) is 24.7. The Morgan fingerprint density at radius 1 is 0.816 bits per heavy atom. The second kappa shape index (κ2) is 11.0. The number of para-hydroxylation sites is 1. The Kier molecular flexibility index (Phi) is 7.13. The molecule has 0 spiro atoms. The molecule has 0 saturated heterocycles. The number of nitrogens with zero attached hydrogens (tertiary/aromatic N) is 1. The Labute approximate surface area is 221 Å². The standard InChI is InChI=1S/C32H27N3O3/c33-30(34)27-16-15-26-20-29(18-17-25(26)19-27)38-32(37)24-13-11-23(12-14-24)31(36)35(28-9-5-2-6-10-28)21-22-7-3-1-4-8-22/h1-14,17-20H,15-16,21H2,(H3,33,34). The Morgan fingerprint density at radius 3 is 2.16 bits per heavy atom. The monoisotopic (exact) mass is 501 g/mol. The zero-order valence-electron chi connectivity index (χ0n) is 20.8. The maximum atomic E-state index is 13.5. The molecule has 4 aromatic rings. The van der Waals surface area contributed by atoms with E-state index in [0.29, 0.717) is 29.8 Å². The van der Waals surface area contributed by atoms with Crippen LogP contribution in [-0.4, -0.2) is 17.7 Å². The molecule has 3 N–H and O–H groups in total. The molecule has 5 rings (SSSR count). The molecule has 0 aliphatic heterocycles. The number of carbonyl (C=O) groups excluding carboxylic acids is 2. The van der Waals surface area contributed by atoms with Crippen LogP contribution in [0.3, 0.4) is 0 Å². The van der Waals surface area contributed by atoms with Crippen molar-refractivity contribution < 1.29 is 14.3 Å². The minimum Gasteiger partial charge on any atom is -0.423 e. The summed E-state index contributed by atoms with van der Waals surface area (Å²) in [4.78, 5) is 28.1. The van der Waals surface area contributed by atoms with Crippen LogP contribution in [0.4, 0.5) is 5.69 Å². The van der Waals surface area contributed by atoms with Crippen molar-refractivity contribution in [3.05, 3.63) is 137 Å². The summed E-state index contributed by atoms with van der Waals surface area (Å²) in [6.07, 6.45) is 3.31. The fraction of sp³-hybridized carbons (Fsp3) is 0.0938. The Hall–Kier alpha value is -4.97. The molecule has 0 aromatic heterocycles. The van der Waals surface area contributed by atoms with E-state index in [-0.39, 0.29) is 11.7 Å². The van der Waals surface area contributed by atoms with E-state index in [0.717, 1.165) is 34.4 Å². The van der Waals surface area contributed by atoms with Crippen LogP contribution in [0.5, 0.6) is 5.75 Å². The van der Waals surface area contributed by atoms with Gasteiger partial charge in [0.05, 0.1) is 12.1 Å². The number of hydrogen-bond acceptors (Lipinski definition) is 4. The molecule has 6 nitrogen and oxygen atoms in total. The SMILES string of the molecule is N=C(N)C1=Cc2ccc(OC(=O)c3ccc(C(=O)N(Cc4ccccc4)c4ccccc4)cc3)cc2CC1. The lowest BCUT2D eigenvalue weighted by Gasteiger charge is -2.23. The fourth-order valence-corrected chi connectivity index (χ4v) is 4.47. The van der Waals surface area contributed by atoms with Crippen LogP contribution in [-0.2, 0) is 13.0 Å². The summed E-state index contributed by atoms with van der Waals surface area (Å²) >= 11 is 0. The van der Waals surface area contributed by atoms with Gasteiger partial charge in [-0.05, 0) is 89.7 Å². The molecule has 38 heavy (non-hydrogen) atoms. The average Bonchev–Trinajstić information content (AvgIpc) is 2.96. The predicted octanol–water partition coefficient (Wildman–Crippen LogP) is 6.02. The number of carbonyl (C=O) groups is 2. The molecular formula is C32H27N3O3. The number of aryl methyl sites for hydroxylation is 1. The highest BCUT2D eigenvalue weighted by Crippen LogP contribution is 2.28. The molecule has 0 atom stereocenters. The molecule has 0 saturated carbocycles. The van der Waals surface area contributed by atoms with Gasteiger partial charge in [0.1, 0.15) is 11.6 Å². The van der Waals surface area contributed by atoms with E-state index < -0.39 is 5.97 Å². The van der Waals surface area contributed by atoms with Crippen molar-refractivity contribution in [3.63, 3.8) is 0 Å². The van der Waals surface area contributed by atoms with Crippen LogP contribution in [0.2, 0.25) is 0 Å². The van der Waals surface area contributed by atoms with E-state index in [1.165, 1.54) is 0 Å². The van der Waals surface area contributed by atoms with Gasteiger partial charge < -0.3 is 15.4 Å². The number of nitrogens with one attached hydrogen (secondary N) is 1. The van der Waals surface area contributed by atoms with Gasteiger partial charge in [-0.3, -0.25) is 10.2 Å². The van der Waals surface area contributed by atoms with E-state index in [9.17, 15) is 9.59 Å². The Morgan fingerprint density at radius 2 is 1.47 bits per heavy atom. The second-order valence-electron chi connectivity index (χ2n) is 9.12. The molecule has 0 bridgehead atoms. The van der Waals surface area contributed by atoms with E-state index in [4.69, 9.17) is 15.9 Å². The topological polar surface area (TPSA) is 96.5 Å². The summed E-state index contributed by atoms with van der Waals surface area (Å²) in [6, 6.07) is 31.3. The number of esters is 1. The van der Waals surface area contributed by atoms with Gasteiger partial charge in [0.25, 0.3) is 5.91 Å². The molecular weight excluding hydrogens is 474 g/mol. The van der Waals surface area contributed by atoms with Crippen molar-refractivity contribution in [3.8, 4) is 5.75 Å². The first-order chi connectivity index (χ1) is 18.5. The van der Waals surface area contributed by atoms with E-state index in [2.05, 4.69) is 0 Å². The number of hydrogen-bond donors (Lipinski definition) is 2. The van der Waals surface area contributed by atoms with Gasteiger partial charge in [0.15, 0.2) is 0 Å². The number of amides is 1. The lowest BCUT2D eigenvalue weighted by Crippen LogP contribution is -2.30. The minimum absolute atomic E-state index is 0.0834. The van der Waals surface area contributed by atoms with Crippen LogP contribution in [0.1, 0.15) is 43.8 Å². The van der Waals surface area contributed by atoms with Crippen LogP contribution in [0.25, 0.3) is 6.08 Å². The second-order valence-corrected chi connectivity index (χ2v) is 9.12. The number of nitrogens with two attached hydrogens (primary N) is 1. The van der Waals surface area contributed by atoms with Gasteiger partial charge >= 0.3 is 5.97 Å². The lowest BCUT2D eigenvalue weighted by molar-refractivity contribution is 0.0734. The summed E-state index contributed by atoms with van der Waals surface area (Å²) in [7, 11) is 0. The van der Waals surface area contributed by atoms with Crippen molar-refractivity contribution in [2.75, 3.05) is 4.90 Å². The first-order valence-electron chi connectivity index (χ1n) is 12.4. The van der Waals surface area contributed by atoms with Crippen molar-refractivity contribution in [2.45, 2.75) is 19.4 Å². The quantitative estimate of drug-likeness (QED) is 0.140. The number of anilines is 1. The summed E-state index contributed by atoms with van der Waals surface area (Å²) in [5.41, 5.74) is 11.1. The largest absolute Gasteiger partial charge is 0.423 e. The smallest absolute Gasteiger partial charge is 0.343 e. The Balaban J connectivity index is 1.31. The third-order valence-electron chi connectivity index (χ3n) is 6.53. The Bertz CT molecular complexity index is 1510. The number of rotatable bonds is 7. The molecule has 1 aliphatic carbocycles. The summed E-state index contributed by atoms with van der Waals surface area (Å²) in [5.74, 6) is -0.122. The van der Waals surface area contributed by atoms with E-state index in [1.807, 2.05) is 78.9 Å². The van der Waals surface area contributed by atoms with E-state index >= 15 is 0 Å². The van der Waals surface area contributed by atoms with Crippen molar-refractivity contribution in [1.82, 2.24) is 0 Å². The number of fused-ring (bicyclic) bond motifs is 1. The van der Waals surface area contributed by atoms with Crippen LogP contribution in [0, 0.1) is 5.41 Å². The molecule has 6 heteroatoms. The van der Waals surface area contributed by atoms with E-state index in [1.54, 1.807) is 35.2 Å². The molecule has 1 aliphatic rings. The molecule has 0 heterocycles. The summed E-state index contributed by atoms with van der Waals surface area (Å²) in [6.45, 7) is 0.426. The summed E-state index contributed by atoms with van der Waals surface area (Å²) in [5, 5.41) is 7.64. The van der Waals surface area contributed by atoms with Gasteiger partial charge in [-0.1, -0.05) is 54.6 Å². The van der Waals surface area contributed by atoms with Crippen molar-refractivity contribution in [1.29, 1.82) is 5.41 Å². The highest BCUT2D eigenvalue weighted by molar-refractivity contribution is 6.06. The van der Waals surface area contributed by atoms with Crippen LogP contribution in [0.15, 0.2) is 109 Å². The van der Waals surface area contributed by atoms with Crippen molar-refractivity contribution in [2.24, 2.45) is 5.73 Å². The molecule has 0 radical (unpaired) electrons. The average molecular weight is 502 g/mol. The molecule has 0 fully saturated rings. The zero-order chi connectivity index (χ0) is 26.5. The third kappa shape index (κ3) is 5.55. The molecule has 4 aromatic carbocycles. The number of benzene rings is 4. The maximum absolute atomic E-state index is 13.5. The molecule has 188 valence electrons. The van der Waals surface area contributed by atoms with Gasteiger partial charge in [0.2, 0.25) is 0 Å². The van der Waals surface area contributed by atoms with Gasteiger partial charge in [0, 0.05) is 11.3 Å². The number of ether oxygens (including phenoxy) is 1. The predicted molar refractivity (Wildman–Crippen MR) is 149 cm³/mol. The van der Waals surface area contributed by atoms with Crippen LogP contribution < -0.4 is 15.4 Å².